The van der Waals surface area contributed by atoms with E-state index in [4.69, 9.17) is 14.0 Å². The number of phenols is 1. The monoisotopic (exact) mass is 584 g/mol. The molecule has 1 aromatic carbocycles. The standard InChI is InChI=1S/C28H45N2O9P/c1-8-37-40(36)18-17-29(19-21-13-9-10-14-22(21)31)20-28(40,23(32)33)15-11-12-16-30(24(34)38-26(2,3)4)25(35)39-27(5,6)7/h9-10,13-14,31H,8,11-12,15-20H2,1-7H3,(H,32,33). The van der Waals surface area contributed by atoms with Crippen molar-refractivity contribution in [3.05, 3.63) is 29.8 Å². The lowest BCUT2D eigenvalue weighted by molar-refractivity contribution is -0.141. The molecule has 12 heteroatoms. The van der Waals surface area contributed by atoms with Crippen molar-refractivity contribution in [1.29, 1.82) is 0 Å². The van der Waals surface area contributed by atoms with E-state index in [-0.39, 0.29) is 50.9 Å². The van der Waals surface area contributed by atoms with Crippen molar-refractivity contribution in [2.45, 2.75) is 90.6 Å². The molecule has 1 aliphatic rings. The average Bonchev–Trinajstić information content (AvgIpc) is 2.80. The van der Waals surface area contributed by atoms with Gasteiger partial charge in [0.15, 0.2) is 5.16 Å². The number of hydrogen-bond acceptors (Lipinski definition) is 9. The van der Waals surface area contributed by atoms with Gasteiger partial charge in [0.1, 0.15) is 17.0 Å². The van der Waals surface area contributed by atoms with Crippen LogP contribution in [-0.4, -0.2) is 86.9 Å². The fourth-order valence-electron chi connectivity index (χ4n) is 4.61. The Hall–Kier alpha value is -2.62. The molecule has 1 aliphatic heterocycles. The van der Waals surface area contributed by atoms with Crippen molar-refractivity contribution in [2.24, 2.45) is 0 Å². The first kappa shape index (κ1) is 33.6. The van der Waals surface area contributed by atoms with Crippen molar-refractivity contribution in [3.63, 3.8) is 0 Å². The first-order valence-electron chi connectivity index (χ1n) is 13.6. The first-order valence-corrected chi connectivity index (χ1v) is 15.4. The molecule has 1 fully saturated rings. The third-order valence-corrected chi connectivity index (χ3v) is 9.74. The topological polar surface area (TPSA) is 143 Å². The van der Waals surface area contributed by atoms with Gasteiger partial charge in [-0.3, -0.25) is 14.3 Å². The van der Waals surface area contributed by atoms with Crippen LogP contribution in [0.25, 0.3) is 0 Å². The largest absolute Gasteiger partial charge is 0.508 e. The van der Waals surface area contributed by atoms with E-state index in [2.05, 4.69) is 0 Å². The molecule has 0 aliphatic carbocycles. The molecule has 1 heterocycles. The highest BCUT2D eigenvalue weighted by molar-refractivity contribution is 7.62. The molecule has 2 unspecified atom stereocenters. The predicted octanol–water partition coefficient (Wildman–Crippen LogP) is 5.69. The Morgan fingerprint density at radius 1 is 1.02 bits per heavy atom. The van der Waals surface area contributed by atoms with E-state index in [0.717, 1.165) is 4.90 Å². The Morgan fingerprint density at radius 3 is 2.10 bits per heavy atom. The van der Waals surface area contributed by atoms with Gasteiger partial charge in [-0.1, -0.05) is 18.2 Å². The van der Waals surface area contributed by atoms with Gasteiger partial charge in [-0.25, -0.2) is 14.5 Å². The summed E-state index contributed by atoms with van der Waals surface area (Å²) in [5.41, 5.74) is -1.04. The van der Waals surface area contributed by atoms with Crippen LogP contribution in [0.2, 0.25) is 0 Å². The average molecular weight is 585 g/mol. The first-order chi connectivity index (χ1) is 18.4. The molecule has 40 heavy (non-hydrogen) atoms. The van der Waals surface area contributed by atoms with Gasteiger partial charge in [0.2, 0.25) is 7.37 Å². The van der Waals surface area contributed by atoms with E-state index in [1.807, 2.05) is 4.90 Å². The molecule has 2 N–H and O–H groups in total. The molecule has 0 spiro atoms. The lowest BCUT2D eigenvalue weighted by atomic mass is 9.99. The number of carboxylic acid groups (broad SMARTS) is 1. The van der Waals surface area contributed by atoms with Crippen LogP contribution in [0.15, 0.2) is 24.3 Å². The highest BCUT2D eigenvalue weighted by Crippen LogP contribution is 2.63. The maximum atomic E-state index is 14.0. The number of rotatable bonds is 10. The number of aliphatic carboxylic acids is 1. The van der Waals surface area contributed by atoms with Gasteiger partial charge < -0.3 is 24.2 Å². The van der Waals surface area contributed by atoms with E-state index >= 15 is 0 Å². The van der Waals surface area contributed by atoms with Crippen molar-refractivity contribution in [2.75, 3.05) is 32.4 Å². The van der Waals surface area contributed by atoms with Gasteiger partial charge in [0.05, 0.1) is 6.61 Å². The third-order valence-electron chi connectivity index (χ3n) is 6.42. The highest BCUT2D eigenvalue weighted by Gasteiger charge is 2.58. The summed E-state index contributed by atoms with van der Waals surface area (Å²) in [4.78, 5) is 41.1. The molecule has 226 valence electrons. The number of carboxylic acids is 1. The molecule has 11 nitrogen and oxygen atoms in total. The van der Waals surface area contributed by atoms with Gasteiger partial charge in [-0.2, -0.15) is 0 Å². The zero-order valence-electron chi connectivity index (χ0n) is 24.8. The quantitative estimate of drug-likeness (QED) is 0.260. The van der Waals surface area contributed by atoms with E-state index in [9.17, 15) is 29.2 Å². The zero-order chi connectivity index (χ0) is 30.4. The van der Waals surface area contributed by atoms with Crippen LogP contribution in [0.5, 0.6) is 5.75 Å². The Morgan fingerprint density at radius 2 is 1.60 bits per heavy atom. The van der Waals surface area contributed by atoms with Gasteiger partial charge in [0, 0.05) is 37.9 Å². The molecular formula is C28H45N2O9P. The minimum absolute atomic E-state index is 0.00730. The van der Waals surface area contributed by atoms with Crippen molar-refractivity contribution < 1.29 is 43.2 Å². The van der Waals surface area contributed by atoms with E-state index < -0.39 is 41.9 Å². The number of carbonyl (C=O) groups is 3. The Labute approximate surface area is 237 Å². The number of ether oxygens (including phenoxy) is 2. The van der Waals surface area contributed by atoms with E-state index in [1.165, 1.54) is 0 Å². The van der Waals surface area contributed by atoms with E-state index in [1.54, 1.807) is 72.7 Å². The second kappa shape index (κ2) is 13.4. The van der Waals surface area contributed by atoms with Crippen molar-refractivity contribution in [1.82, 2.24) is 9.80 Å². The summed E-state index contributed by atoms with van der Waals surface area (Å²) in [5, 5.41) is 19.0. The van der Waals surface area contributed by atoms with Gasteiger partial charge >= 0.3 is 18.2 Å². The predicted molar refractivity (Wildman–Crippen MR) is 151 cm³/mol. The normalized spacial score (nSPS) is 22.0. The minimum atomic E-state index is -3.62. The van der Waals surface area contributed by atoms with Gasteiger partial charge in [0.25, 0.3) is 0 Å². The molecule has 0 bridgehead atoms. The lowest BCUT2D eigenvalue weighted by Gasteiger charge is -2.45. The maximum absolute atomic E-state index is 14.0. The molecule has 0 aromatic heterocycles. The number of phenolic OH excluding ortho intramolecular Hbond substituents is 1. The minimum Gasteiger partial charge on any atom is -0.508 e. The van der Waals surface area contributed by atoms with E-state index in [0.29, 0.717) is 18.7 Å². The Balaban J connectivity index is 2.23. The summed E-state index contributed by atoms with van der Waals surface area (Å²) in [6.07, 6.45) is -1.17. The third kappa shape index (κ3) is 8.94. The number of hydrogen-bond donors (Lipinski definition) is 2. The van der Waals surface area contributed by atoms with Gasteiger partial charge in [-0.05, 0) is 73.8 Å². The van der Waals surface area contributed by atoms with Crippen LogP contribution >= 0.6 is 7.37 Å². The Bertz CT molecular complexity index is 1070. The second-order valence-electron chi connectivity index (χ2n) is 12.1. The number of para-hydroxylation sites is 1. The highest BCUT2D eigenvalue weighted by atomic mass is 31.2. The summed E-state index contributed by atoms with van der Waals surface area (Å²) in [6.45, 7) is 12.4. The Kier molecular flexibility index (Phi) is 11.2. The number of imide groups is 1. The molecule has 0 radical (unpaired) electrons. The van der Waals surface area contributed by atoms with Crippen LogP contribution in [0, 0.1) is 0 Å². The SMILES string of the molecule is CCOP1(=O)CCN(Cc2ccccc2O)CC1(CCCCN(C(=O)OC(C)(C)C)C(=O)OC(C)(C)C)C(=O)O. The number of unbranched alkanes of at least 4 members (excludes halogenated alkanes) is 1. The molecule has 1 aromatic rings. The van der Waals surface area contributed by atoms with Crippen molar-refractivity contribution in [3.8, 4) is 5.75 Å². The number of nitrogens with zero attached hydrogens (tertiary/aromatic N) is 2. The number of carbonyl (C=O) groups excluding carboxylic acids is 2. The molecule has 1 saturated heterocycles. The summed E-state index contributed by atoms with van der Waals surface area (Å²) in [5.74, 6) is -1.12. The number of benzene rings is 1. The number of amides is 2. The van der Waals surface area contributed by atoms with Crippen LogP contribution in [0.4, 0.5) is 9.59 Å². The van der Waals surface area contributed by atoms with Crippen LogP contribution in [-0.2, 0) is 29.9 Å². The lowest BCUT2D eigenvalue weighted by Crippen LogP contribution is -2.54. The van der Waals surface area contributed by atoms with Gasteiger partial charge in [-0.15, -0.1) is 0 Å². The van der Waals surface area contributed by atoms with Crippen LogP contribution < -0.4 is 0 Å². The van der Waals surface area contributed by atoms with Crippen LogP contribution in [0.1, 0.15) is 73.3 Å². The van der Waals surface area contributed by atoms with Crippen LogP contribution in [0.3, 0.4) is 0 Å². The smallest absolute Gasteiger partial charge is 0.419 e. The molecular weight excluding hydrogens is 539 g/mol. The second-order valence-corrected chi connectivity index (χ2v) is 15.0. The molecule has 2 rings (SSSR count). The molecule has 2 atom stereocenters. The fourth-order valence-corrected chi connectivity index (χ4v) is 7.58. The summed E-state index contributed by atoms with van der Waals surface area (Å²) < 4.78 is 30.5. The fraction of sp³-hybridized carbons (Fsp3) is 0.679. The molecule has 2 amide bonds. The zero-order valence-corrected chi connectivity index (χ0v) is 25.7. The van der Waals surface area contributed by atoms with Crippen molar-refractivity contribution >= 4 is 25.5 Å². The maximum Gasteiger partial charge on any atom is 0.419 e. The number of aromatic hydroxyl groups is 1. The summed E-state index contributed by atoms with van der Waals surface area (Å²) in [7, 11) is -3.62. The summed E-state index contributed by atoms with van der Waals surface area (Å²) >= 11 is 0. The molecule has 0 saturated carbocycles. The summed E-state index contributed by atoms with van der Waals surface area (Å²) in [6, 6.07) is 6.82.